The normalized spacial score (nSPS) is 10.8. The lowest BCUT2D eigenvalue weighted by atomic mass is 10.0. The Hall–Kier alpha value is -3.91. The predicted octanol–water partition coefficient (Wildman–Crippen LogP) is 4.31. The number of rotatable bonds is 7. The van der Waals surface area contributed by atoms with Crippen LogP contribution >= 0.6 is 11.8 Å². The van der Waals surface area contributed by atoms with Gasteiger partial charge in [0.15, 0.2) is 5.78 Å². The smallest absolute Gasteiger partial charge is 0.244 e. The van der Waals surface area contributed by atoms with Crippen molar-refractivity contribution in [3.05, 3.63) is 93.9 Å². The van der Waals surface area contributed by atoms with Gasteiger partial charge in [0, 0.05) is 28.0 Å². The van der Waals surface area contributed by atoms with Crippen molar-refractivity contribution in [1.29, 1.82) is 0 Å². The molecule has 0 aliphatic heterocycles. The topological polar surface area (TPSA) is 90.3 Å². The molecule has 4 rings (SSSR count). The Kier molecular flexibility index (Phi) is 6.79. The van der Waals surface area contributed by atoms with Crippen molar-refractivity contribution < 1.29 is 14.3 Å². The molecule has 2 heterocycles. The van der Waals surface area contributed by atoms with Crippen molar-refractivity contribution in [2.45, 2.75) is 18.4 Å². The van der Waals surface area contributed by atoms with E-state index in [4.69, 9.17) is 4.74 Å². The van der Waals surface area contributed by atoms with Crippen LogP contribution in [-0.2, 0) is 11.3 Å². The number of aromatic nitrogens is 2. The van der Waals surface area contributed by atoms with E-state index in [0.29, 0.717) is 28.3 Å². The lowest BCUT2D eigenvalue weighted by Crippen LogP contribution is -2.25. The molecule has 0 saturated heterocycles. The zero-order valence-corrected chi connectivity index (χ0v) is 19.8. The first-order chi connectivity index (χ1) is 16.4. The summed E-state index contributed by atoms with van der Waals surface area (Å²) in [4.78, 5) is 44.8. The third kappa shape index (κ3) is 4.87. The van der Waals surface area contributed by atoms with Gasteiger partial charge in [0.2, 0.25) is 11.3 Å². The second-order valence-corrected chi connectivity index (χ2v) is 8.54. The monoisotopic (exact) mass is 473 g/mol. The van der Waals surface area contributed by atoms with Gasteiger partial charge in [-0.1, -0.05) is 18.2 Å². The number of benzene rings is 2. The Balaban J connectivity index is 1.75. The first-order valence-electron chi connectivity index (χ1n) is 10.5. The van der Waals surface area contributed by atoms with Crippen molar-refractivity contribution in [2.75, 3.05) is 18.7 Å². The molecular formula is C26H23N3O4S. The number of nitrogens with zero attached hydrogens (tertiary/aromatic N) is 2. The van der Waals surface area contributed by atoms with Crippen LogP contribution in [0.15, 0.2) is 76.6 Å². The second-order valence-electron chi connectivity index (χ2n) is 7.66. The first-order valence-corrected chi connectivity index (χ1v) is 11.8. The Morgan fingerprint density at radius 2 is 1.88 bits per heavy atom. The number of hydrogen-bond donors (Lipinski definition) is 1. The van der Waals surface area contributed by atoms with Crippen LogP contribution in [0.1, 0.15) is 21.6 Å². The standard InChI is InChI=1S/C26H23N3O4S/c1-16-10-11-21-25(32)22(24(31)17-6-4-8-19(12-17)33-2)14-29(26(21)27-16)15-23(30)28-18-7-5-9-20(13-18)34-3/h4-14H,15H2,1-3H3,(H,28,30). The van der Waals surface area contributed by atoms with Gasteiger partial charge in [-0.2, -0.15) is 0 Å². The maximum absolute atomic E-state index is 13.3. The third-order valence-electron chi connectivity index (χ3n) is 5.30. The second kappa shape index (κ2) is 9.93. The molecule has 1 amide bonds. The molecule has 2 aromatic carbocycles. The zero-order valence-electron chi connectivity index (χ0n) is 19.0. The van der Waals surface area contributed by atoms with Crippen molar-refractivity contribution in [2.24, 2.45) is 0 Å². The van der Waals surface area contributed by atoms with Crippen molar-refractivity contribution >= 4 is 40.2 Å². The molecule has 1 N–H and O–H groups in total. The molecule has 0 bridgehead atoms. The first kappa shape index (κ1) is 23.3. The number of carbonyl (C=O) groups is 2. The zero-order chi connectivity index (χ0) is 24.2. The van der Waals surface area contributed by atoms with Gasteiger partial charge in [-0.25, -0.2) is 4.98 Å². The predicted molar refractivity (Wildman–Crippen MR) is 134 cm³/mol. The van der Waals surface area contributed by atoms with Crippen molar-refractivity contribution in [3.63, 3.8) is 0 Å². The van der Waals surface area contributed by atoms with Gasteiger partial charge in [0.05, 0.1) is 18.1 Å². The third-order valence-corrected chi connectivity index (χ3v) is 6.03. The number of aryl methyl sites for hydroxylation is 1. The molecule has 4 aromatic rings. The van der Waals surface area contributed by atoms with Crippen LogP contribution in [-0.4, -0.2) is 34.6 Å². The van der Waals surface area contributed by atoms with Crippen LogP contribution in [0, 0.1) is 6.92 Å². The average molecular weight is 474 g/mol. The van der Waals surface area contributed by atoms with Crippen LogP contribution in [0.5, 0.6) is 5.75 Å². The van der Waals surface area contributed by atoms with Gasteiger partial charge in [-0.05, 0) is 55.6 Å². The highest BCUT2D eigenvalue weighted by atomic mass is 32.2. The number of hydrogen-bond acceptors (Lipinski definition) is 6. The van der Waals surface area contributed by atoms with Gasteiger partial charge in [-0.15, -0.1) is 11.8 Å². The van der Waals surface area contributed by atoms with Crippen LogP contribution in [0.4, 0.5) is 5.69 Å². The molecule has 8 heteroatoms. The largest absolute Gasteiger partial charge is 0.497 e. The molecule has 2 aromatic heterocycles. The number of anilines is 1. The van der Waals surface area contributed by atoms with E-state index in [1.165, 1.54) is 13.3 Å². The van der Waals surface area contributed by atoms with Crippen molar-refractivity contribution in [1.82, 2.24) is 9.55 Å². The molecule has 0 radical (unpaired) electrons. The summed E-state index contributed by atoms with van der Waals surface area (Å²) in [6.45, 7) is 1.69. The lowest BCUT2D eigenvalue weighted by Gasteiger charge is -2.14. The van der Waals surface area contributed by atoms with E-state index in [0.717, 1.165) is 4.90 Å². The number of nitrogens with one attached hydrogen (secondary N) is 1. The number of methoxy groups -OCH3 is 1. The quantitative estimate of drug-likeness (QED) is 0.318. The maximum Gasteiger partial charge on any atom is 0.244 e. The van der Waals surface area contributed by atoms with Crippen LogP contribution < -0.4 is 15.5 Å². The highest BCUT2D eigenvalue weighted by Gasteiger charge is 2.19. The molecule has 34 heavy (non-hydrogen) atoms. The van der Waals surface area contributed by atoms with Gasteiger partial charge in [0.25, 0.3) is 0 Å². The number of thioether (sulfide) groups is 1. The molecule has 0 spiro atoms. The molecule has 0 fully saturated rings. The summed E-state index contributed by atoms with van der Waals surface area (Å²) in [7, 11) is 1.51. The molecule has 0 saturated carbocycles. The maximum atomic E-state index is 13.3. The molecule has 0 aliphatic carbocycles. The minimum atomic E-state index is -0.451. The summed E-state index contributed by atoms with van der Waals surface area (Å²) in [6, 6.07) is 17.5. The summed E-state index contributed by atoms with van der Waals surface area (Å²) in [5.41, 5.74) is 1.56. The number of ketones is 1. The fraction of sp³-hybridized carbons (Fsp3) is 0.154. The molecule has 0 unspecified atom stereocenters. The average Bonchev–Trinajstić information content (AvgIpc) is 2.85. The summed E-state index contributed by atoms with van der Waals surface area (Å²) in [5, 5.41) is 3.15. The Morgan fingerprint density at radius 1 is 1.09 bits per heavy atom. The number of pyridine rings is 2. The van der Waals surface area contributed by atoms with Gasteiger partial charge in [-0.3, -0.25) is 14.4 Å². The molecule has 0 aliphatic rings. The lowest BCUT2D eigenvalue weighted by molar-refractivity contribution is -0.116. The Bertz CT molecular complexity index is 1460. The van der Waals surface area contributed by atoms with E-state index in [9.17, 15) is 14.4 Å². The molecule has 172 valence electrons. The van der Waals surface area contributed by atoms with E-state index in [1.54, 1.807) is 65.7 Å². The van der Waals surface area contributed by atoms with Gasteiger partial charge >= 0.3 is 0 Å². The molecule has 7 nitrogen and oxygen atoms in total. The molecular weight excluding hydrogens is 450 g/mol. The van der Waals surface area contributed by atoms with Gasteiger partial charge < -0.3 is 14.6 Å². The highest BCUT2D eigenvalue weighted by Crippen LogP contribution is 2.20. The summed E-state index contributed by atoms with van der Waals surface area (Å²) in [5.74, 6) is -0.240. The van der Waals surface area contributed by atoms with E-state index in [-0.39, 0.29) is 23.4 Å². The minimum absolute atomic E-state index is 0.0383. The van der Waals surface area contributed by atoms with E-state index in [1.807, 2.05) is 24.5 Å². The summed E-state index contributed by atoms with van der Waals surface area (Å²) >= 11 is 1.58. The molecule has 0 atom stereocenters. The number of fused-ring (bicyclic) bond motifs is 1. The number of amides is 1. The van der Waals surface area contributed by atoms with Crippen LogP contribution in [0.2, 0.25) is 0 Å². The van der Waals surface area contributed by atoms with E-state index >= 15 is 0 Å². The fourth-order valence-corrected chi connectivity index (χ4v) is 4.08. The van der Waals surface area contributed by atoms with Crippen LogP contribution in [0.3, 0.4) is 0 Å². The van der Waals surface area contributed by atoms with E-state index in [2.05, 4.69) is 10.3 Å². The SMILES string of the molecule is COc1cccc(C(=O)c2cn(CC(=O)Nc3cccc(SC)c3)c3nc(C)ccc3c2=O)c1. The number of ether oxygens (including phenoxy) is 1. The van der Waals surface area contributed by atoms with E-state index < -0.39 is 11.2 Å². The van der Waals surface area contributed by atoms with Crippen molar-refractivity contribution in [3.8, 4) is 5.75 Å². The van der Waals surface area contributed by atoms with Gasteiger partial charge in [0.1, 0.15) is 17.9 Å². The Morgan fingerprint density at radius 3 is 2.65 bits per heavy atom. The van der Waals surface area contributed by atoms with Crippen LogP contribution in [0.25, 0.3) is 11.0 Å². The summed E-state index contributed by atoms with van der Waals surface area (Å²) in [6.07, 6.45) is 3.37. The summed E-state index contributed by atoms with van der Waals surface area (Å²) < 4.78 is 6.75. The minimum Gasteiger partial charge on any atom is -0.497 e. The Labute approximate surface area is 200 Å². The number of carbonyl (C=O) groups excluding carboxylic acids is 2. The highest BCUT2D eigenvalue weighted by molar-refractivity contribution is 7.98. The fourth-order valence-electron chi connectivity index (χ4n) is 3.62.